The number of rotatable bonds is 2. The summed E-state index contributed by atoms with van der Waals surface area (Å²) in [6.07, 6.45) is 9.37. The number of hydrogen-bond donors (Lipinski definition) is 1. The third-order valence-corrected chi connectivity index (χ3v) is 3.13. The molecule has 0 radical (unpaired) electrons. The minimum absolute atomic E-state index is 0. The highest BCUT2D eigenvalue weighted by Gasteiger charge is 2.05. The molecule has 0 aliphatic carbocycles. The summed E-state index contributed by atoms with van der Waals surface area (Å²) in [7, 11) is 0. The van der Waals surface area contributed by atoms with Crippen LogP contribution in [0.1, 0.15) is 18.1 Å². The van der Waals surface area contributed by atoms with Crippen molar-refractivity contribution in [3.8, 4) is 11.8 Å². The average molecular weight is 272 g/mol. The van der Waals surface area contributed by atoms with Crippen LogP contribution in [0.15, 0.2) is 67.5 Å². The average Bonchev–Trinajstić information content (AvgIpc) is 2.96. The van der Waals surface area contributed by atoms with E-state index in [-0.39, 0.29) is 1.43 Å². The first-order chi connectivity index (χ1) is 10.4. The van der Waals surface area contributed by atoms with Gasteiger partial charge in [0.25, 0.3) is 0 Å². The molecule has 0 unspecified atom stereocenters. The van der Waals surface area contributed by atoms with Crippen molar-refractivity contribution in [3.63, 3.8) is 0 Å². The molecule has 1 N–H and O–H groups in total. The second-order valence-electron chi connectivity index (χ2n) is 4.54. The van der Waals surface area contributed by atoms with Crippen molar-refractivity contribution in [3.05, 3.63) is 84.2 Å². The lowest BCUT2D eigenvalue weighted by molar-refractivity contribution is 1.32. The largest absolute Gasteiger partial charge is 0.345 e. The predicted molar refractivity (Wildman–Crippen MR) is 89.9 cm³/mol. The molecule has 0 aliphatic rings. The zero-order valence-electron chi connectivity index (χ0n) is 11.5. The molecule has 21 heavy (non-hydrogen) atoms. The highest BCUT2D eigenvalue weighted by atomic mass is 14.8. The maximum Gasteiger partial charge on any atom is 0.139 e. The monoisotopic (exact) mass is 272 g/mol. The van der Waals surface area contributed by atoms with Gasteiger partial charge in [-0.15, -0.1) is 0 Å². The van der Waals surface area contributed by atoms with E-state index in [4.69, 9.17) is 0 Å². The molecule has 3 aromatic rings. The molecule has 0 amide bonds. The van der Waals surface area contributed by atoms with Gasteiger partial charge >= 0.3 is 0 Å². The van der Waals surface area contributed by atoms with Gasteiger partial charge in [0, 0.05) is 35.9 Å². The molecule has 1 aromatic carbocycles. The van der Waals surface area contributed by atoms with Crippen molar-refractivity contribution >= 4 is 17.1 Å². The first kappa shape index (κ1) is 13.0. The van der Waals surface area contributed by atoms with E-state index in [9.17, 15) is 0 Å². The van der Waals surface area contributed by atoms with E-state index in [2.05, 4.69) is 28.4 Å². The van der Waals surface area contributed by atoms with Crippen LogP contribution in [0.4, 0.5) is 0 Å². The molecule has 0 fully saturated rings. The third kappa shape index (κ3) is 2.77. The number of nitrogens with zero attached hydrogens (tertiary/aromatic N) is 1. The van der Waals surface area contributed by atoms with E-state index in [0.29, 0.717) is 0 Å². The predicted octanol–water partition coefficient (Wildman–Crippen LogP) is 4.41. The molecular formula is C19H16N2. The number of H-pyrrole nitrogens is 1. The summed E-state index contributed by atoms with van der Waals surface area (Å²) < 4.78 is 0. The molecule has 0 saturated heterocycles. The van der Waals surface area contributed by atoms with Gasteiger partial charge in [0.15, 0.2) is 0 Å². The van der Waals surface area contributed by atoms with Crippen molar-refractivity contribution in [1.82, 2.24) is 9.97 Å². The van der Waals surface area contributed by atoms with Crippen molar-refractivity contribution < 1.29 is 1.43 Å². The Morgan fingerprint density at radius 1 is 1.14 bits per heavy atom. The van der Waals surface area contributed by atoms with Gasteiger partial charge in [0.2, 0.25) is 0 Å². The number of nitrogens with one attached hydrogen (secondary N) is 1. The first-order valence-corrected chi connectivity index (χ1v) is 6.71. The second kappa shape index (κ2) is 5.94. The first-order valence-electron chi connectivity index (χ1n) is 6.71. The normalized spacial score (nSPS) is 10.5. The van der Waals surface area contributed by atoms with E-state index in [0.717, 1.165) is 27.7 Å². The molecule has 0 aliphatic heterocycles. The molecule has 102 valence electrons. The van der Waals surface area contributed by atoms with Crippen LogP contribution in [-0.4, -0.2) is 9.97 Å². The van der Waals surface area contributed by atoms with E-state index >= 15 is 0 Å². The number of pyridine rings is 1. The van der Waals surface area contributed by atoms with Gasteiger partial charge in [-0.2, -0.15) is 0 Å². The topological polar surface area (TPSA) is 28.7 Å². The zero-order chi connectivity index (χ0) is 14.5. The molecular weight excluding hydrogens is 256 g/mol. The summed E-state index contributed by atoms with van der Waals surface area (Å²) in [6, 6.07) is 11.9. The van der Waals surface area contributed by atoms with Crippen molar-refractivity contribution in [1.29, 1.82) is 0 Å². The maximum atomic E-state index is 4.34. The summed E-state index contributed by atoms with van der Waals surface area (Å²) >= 11 is 0. The summed E-state index contributed by atoms with van der Waals surface area (Å²) in [5, 5.41) is 1.04. The van der Waals surface area contributed by atoms with Crippen molar-refractivity contribution in [2.75, 3.05) is 0 Å². The lowest BCUT2D eigenvalue weighted by Gasteiger charge is -1.96. The van der Waals surface area contributed by atoms with Crippen LogP contribution in [-0.2, 0) is 0 Å². The van der Waals surface area contributed by atoms with Crippen LogP contribution in [0, 0.1) is 11.8 Å². The Hall–Kier alpha value is -3.05. The van der Waals surface area contributed by atoms with E-state index in [1.165, 1.54) is 0 Å². The Bertz CT molecular complexity index is 865. The highest BCUT2D eigenvalue weighted by molar-refractivity contribution is 5.91. The van der Waals surface area contributed by atoms with Gasteiger partial charge in [-0.05, 0) is 18.2 Å². The van der Waals surface area contributed by atoms with Crippen molar-refractivity contribution in [2.24, 2.45) is 0 Å². The third-order valence-electron chi connectivity index (χ3n) is 3.13. The summed E-state index contributed by atoms with van der Waals surface area (Å²) in [5.74, 6) is 6.43. The van der Waals surface area contributed by atoms with Gasteiger partial charge in [-0.3, -0.25) is 0 Å². The highest BCUT2D eigenvalue weighted by Crippen LogP contribution is 2.21. The van der Waals surface area contributed by atoms with Crippen LogP contribution < -0.4 is 0 Å². The SMILES string of the molecule is C=C/C=C/c1c[nH]c2nccc(C#Cc3ccccc3)c12.[HH]. The zero-order valence-corrected chi connectivity index (χ0v) is 11.5. The number of aromatic amines is 1. The maximum absolute atomic E-state index is 4.34. The van der Waals surface area contributed by atoms with Crippen LogP contribution in [0.5, 0.6) is 0 Å². The Morgan fingerprint density at radius 2 is 2.00 bits per heavy atom. The van der Waals surface area contributed by atoms with Gasteiger partial charge in [0.1, 0.15) is 5.65 Å². The molecule has 2 nitrogen and oxygen atoms in total. The molecule has 2 heterocycles. The molecule has 3 rings (SSSR count). The van der Waals surface area contributed by atoms with Gasteiger partial charge < -0.3 is 4.98 Å². The van der Waals surface area contributed by atoms with Gasteiger partial charge in [0.05, 0.1) is 0 Å². The Morgan fingerprint density at radius 3 is 2.81 bits per heavy atom. The van der Waals surface area contributed by atoms with Crippen molar-refractivity contribution in [2.45, 2.75) is 0 Å². The summed E-state index contributed by atoms with van der Waals surface area (Å²) in [4.78, 5) is 7.51. The molecule has 2 heteroatoms. The number of fused-ring (bicyclic) bond motifs is 1. The fraction of sp³-hybridized carbons (Fsp3) is 0. The number of aromatic nitrogens is 2. The molecule has 0 bridgehead atoms. The van der Waals surface area contributed by atoms with E-state index in [1.807, 2.05) is 54.7 Å². The van der Waals surface area contributed by atoms with Gasteiger partial charge in [-0.1, -0.05) is 54.8 Å². The lowest BCUT2D eigenvalue weighted by atomic mass is 10.1. The number of hydrogen-bond acceptors (Lipinski definition) is 1. The molecule has 0 atom stereocenters. The molecule has 0 saturated carbocycles. The Labute approximate surface area is 125 Å². The fourth-order valence-corrected chi connectivity index (χ4v) is 2.15. The quantitative estimate of drug-likeness (QED) is 0.543. The van der Waals surface area contributed by atoms with Crippen LogP contribution in [0.3, 0.4) is 0 Å². The van der Waals surface area contributed by atoms with E-state index < -0.39 is 0 Å². The number of allylic oxidation sites excluding steroid dienone is 2. The fourth-order valence-electron chi connectivity index (χ4n) is 2.15. The molecule has 2 aromatic heterocycles. The second-order valence-corrected chi connectivity index (χ2v) is 4.54. The Kier molecular flexibility index (Phi) is 3.66. The molecule has 0 spiro atoms. The van der Waals surface area contributed by atoms with Crippen LogP contribution in [0.2, 0.25) is 0 Å². The minimum Gasteiger partial charge on any atom is -0.345 e. The number of benzene rings is 1. The van der Waals surface area contributed by atoms with E-state index in [1.54, 1.807) is 12.3 Å². The summed E-state index contributed by atoms with van der Waals surface area (Å²) in [5.41, 5.74) is 3.88. The van der Waals surface area contributed by atoms with Crippen LogP contribution in [0.25, 0.3) is 17.1 Å². The Balaban J connectivity index is 0.00000176. The smallest absolute Gasteiger partial charge is 0.139 e. The summed E-state index contributed by atoms with van der Waals surface area (Å²) in [6.45, 7) is 3.70. The van der Waals surface area contributed by atoms with Crippen LogP contribution >= 0.6 is 0 Å². The van der Waals surface area contributed by atoms with Gasteiger partial charge in [-0.25, -0.2) is 4.98 Å². The standard InChI is InChI=1S/C19H14N2.H2/c1-2-3-9-17-14-21-19-18(17)16(12-13-20-19)11-10-15-7-5-4-6-8-15;/h2-9,12-14H,1H2,(H,20,21);1H/b9-3+;. The minimum atomic E-state index is 0. The lowest BCUT2D eigenvalue weighted by Crippen LogP contribution is -1.82.